The number of hydrogen-bond donors (Lipinski definition) is 1. The Kier molecular flexibility index (Phi) is 3.56. The summed E-state index contributed by atoms with van der Waals surface area (Å²) in [6.45, 7) is 4.82. The van der Waals surface area contributed by atoms with Gasteiger partial charge in [-0.15, -0.1) is 0 Å². The molecule has 1 saturated heterocycles. The van der Waals surface area contributed by atoms with Gasteiger partial charge in [0.1, 0.15) is 0 Å². The van der Waals surface area contributed by atoms with Gasteiger partial charge in [-0.3, -0.25) is 4.79 Å². The molecular weight excluding hydrogens is 236 g/mol. The van der Waals surface area contributed by atoms with Crippen molar-refractivity contribution in [2.45, 2.75) is 32.6 Å². The fraction of sp³-hybridized carbons (Fsp3) is 0.562. The zero-order valence-electron chi connectivity index (χ0n) is 11.6. The van der Waals surface area contributed by atoms with Crippen molar-refractivity contribution < 1.29 is 4.79 Å². The van der Waals surface area contributed by atoms with E-state index in [1.54, 1.807) is 6.92 Å². The van der Waals surface area contributed by atoms with Gasteiger partial charge in [0.05, 0.1) is 0 Å². The maximum atomic E-state index is 11.6. The summed E-state index contributed by atoms with van der Waals surface area (Å²) in [7, 11) is 0. The monoisotopic (exact) mass is 258 g/mol. The van der Waals surface area contributed by atoms with Gasteiger partial charge in [-0.2, -0.15) is 0 Å². The number of nitrogens with one attached hydrogen (secondary N) is 1. The maximum Gasteiger partial charge on any atom is 0.223 e. The Hall–Kier alpha value is -1.35. The van der Waals surface area contributed by atoms with Crippen molar-refractivity contribution in [1.82, 2.24) is 5.32 Å². The fourth-order valence-electron chi connectivity index (χ4n) is 3.43. The van der Waals surface area contributed by atoms with E-state index >= 15 is 0 Å². The summed E-state index contributed by atoms with van der Waals surface area (Å²) >= 11 is 0. The van der Waals surface area contributed by atoms with E-state index in [1.807, 2.05) is 4.90 Å². The SMILES string of the molecule is CC(=O)N1CCc2c(CC3CCCNC3)cccc21. The molecule has 19 heavy (non-hydrogen) atoms. The number of anilines is 1. The molecule has 1 atom stereocenters. The quantitative estimate of drug-likeness (QED) is 0.881. The summed E-state index contributed by atoms with van der Waals surface area (Å²) in [5.74, 6) is 0.918. The van der Waals surface area contributed by atoms with Gasteiger partial charge in [-0.1, -0.05) is 12.1 Å². The van der Waals surface area contributed by atoms with Crippen molar-refractivity contribution in [3.63, 3.8) is 0 Å². The summed E-state index contributed by atoms with van der Waals surface area (Å²) in [5.41, 5.74) is 4.01. The highest BCUT2D eigenvalue weighted by atomic mass is 16.2. The first kappa shape index (κ1) is 12.7. The Morgan fingerprint density at radius 3 is 3.11 bits per heavy atom. The molecule has 0 radical (unpaired) electrons. The first-order valence-electron chi connectivity index (χ1n) is 7.35. The molecule has 0 aliphatic carbocycles. The van der Waals surface area contributed by atoms with Crippen LogP contribution in [-0.2, 0) is 17.6 Å². The first-order valence-corrected chi connectivity index (χ1v) is 7.35. The number of piperidine rings is 1. The number of hydrogen-bond acceptors (Lipinski definition) is 2. The van der Waals surface area contributed by atoms with E-state index in [1.165, 1.54) is 30.5 Å². The second-order valence-electron chi connectivity index (χ2n) is 5.75. The number of carbonyl (C=O) groups is 1. The number of benzene rings is 1. The molecule has 1 fully saturated rings. The molecule has 1 aromatic rings. The second kappa shape index (κ2) is 5.33. The van der Waals surface area contributed by atoms with Gasteiger partial charge in [-0.25, -0.2) is 0 Å². The molecule has 3 nitrogen and oxygen atoms in total. The number of nitrogens with zero attached hydrogens (tertiary/aromatic N) is 1. The third kappa shape index (κ3) is 2.52. The Morgan fingerprint density at radius 2 is 2.37 bits per heavy atom. The highest BCUT2D eigenvalue weighted by Gasteiger charge is 2.25. The third-order valence-electron chi connectivity index (χ3n) is 4.41. The first-order chi connectivity index (χ1) is 9.25. The van der Waals surface area contributed by atoms with Crippen LogP contribution in [0.2, 0.25) is 0 Å². The van der Waals surface area contributed by atoms with Crippen molar-refractivity contribution in [2.75, 3.05) is 24.5 Å². The van der Waals surface area contributed by atoms with E-state index in [0.29, 0.717) is 0 Å². The van der Waals surface area contributed by atoms with Crippen LogP contribution in [0.5, 0.6) is 0 Å². The van der Waals surface area contributed by atoms with Crippen molar-refractivity contribution in [1.29, 1.82) is 0 Å². The molecule has 1 amide bonds. The topological polar surface area (TPSA) is 32.3 Å². The molecular formula is C16H22N2O. The zero-order valence-corrected chi connectivity index (χ0v) is 11.6. The minimum absolute atomic E-state index is 0.162. The van der Waals surface area contributed by atoms with E-state index < -0.39 is 0 Å². The van der Waals surface area contributed by atoms with Gasteiger partial charge in [0.15, 0.2) is 0 Å². The molecule has 3 heteroatoms. The average molecular weight is 258 g/mol. The minimum Gasteiger partial charge on any atom is -0.316 e. The van der Waals surface area contributed by atoms with Crippen molar-refractivity contribution in [3.05, 3.63) is 29.3 Å². The fourth-order valence-corrected chi connectivity index (χ4v) is 3.43. The minimum atomic E-state index is 0.162. The number of fused-ring (bicyclic) bond motifs is 1. The van der Waals surface area contributed by atoms with Crippen LogP contribution in [0.1, 0.15) is 30.9 Å². The Labute approximate surface area is 115 Å². The van der Waals surface area contributed by atoms with Gasteiger partial charge >= 0.3 is 0 Å². The molecule has 1 aromatic carbocycles. The molecule has 2 heterocycles. The number of rotatable bonds is 2. The maximum absolute atomic E-state index is 11.6. The summed E-state index contributed by atoms with van der Waals surface area (Å²) in [5, 5.41) is 3.49. The Bertz CT molecular complexity index is 478. The third-order valence-corrected chi connectivity index (χ3v) is 4.41. The van der Waals surface area contributed by atoms with Crippen LogP contribution in [0.15, 0.2) is 18.2 Å². The predicted octanol–water partition coefficient (Wildman–Crippen LogP) is 2.14. The van der Waals surface area contributed by atoms with Crippen LogP contribution in [0.25, 0.3) is 0 Å². The van der Waals surface area contributed by atoms with E-state index in [4.69, 9.17) is 0 Å². The molecule has 0 spiro atoms. The lowest BCUT2D eigenvalue weighted by Gasteiger charge is -2.24. The van der Waals surface area contributed by atoms with Crippen LogP contribution in [0.3, 0.4) is 0 Å². The van der Waals surface area contributed by atoms with E-state index in [9.17, 15) is 4.79 Å². The van der Waals surface area contributed by atoms with Crippen molar-refractivity contribution >= 4 is 11.6 Å². The molecule has 2 aliphatic rings. The predicted molar refractivity (Wildman–Crippen MR) is 77.5 cm³/mol. The standard InChI is InChI=1S/C16H22N2O/c1-12(19)18-9-7-15-14(5-2-6-16(15)18)10-13-4-3-8-17-11-13/h2,5-6,13,17H,3-4,7-11H2,1H3. The molecule has 0 aromatic heterocycles. The lowest BCUT2D eigenvalue weighted by Crippen LogP contribution is -2.31. The zero-order chi connectivity index (χ0) is 13.2. The molecule has 1 N–H and O–H groups in total. The summed E-state index contributed by atoms with van der Waals surface area (Å²) < 4.78 is 0. The number of amides is 1. The highest BCUT2D eigenvalue weighted by molar-refractivity contribution is 5.94. The van der Waals surface area contributed by atoms with Crippen molar-refractivity contribution in [2.24, 2.45) is 5.92 Å². The van der Waals surface area contributed by atoms with Gasteiger partial charge < -0.3 is 10.2 Å². The summed E-state index contributed by atoms with van der Waals surface area (Å²) in [6, 6.07) is 6.44. The van der Waals surface area contributed by atoms with Gasteiger partial charge in [0.25, 0.3) is 0 Å². The van der Waals surface area contributed by atoms with Crippen molar-refractivity contribution in [3.8, 4) is 0 Å². The molecule has 102 valence electrons. The second-order valence-corrected chi connectivity index (χ2v) is 5.75. The van der Waals surface area contributed by atoms with Gasteiger partial charge in [0.2, 0.25) is 5.91 Å². The molecule has 2 aliphatic heterocycles. The van der Waals surface area contributed by atoms with E-state index in [0.717, 1.165) is 37.5 Å². The molecule has 0 bridgehead atoms. The normalized spacial score (nSPS) is 22.4. The van der Waals surface area contributed by atoms with Crippen LogP contribution in [0, 0.1) is 5.92 Å². The number of carbonyl (C=O) groups excluding carboxylic acids is 1. The van der Waals surface area contributed by atoms with Crippen LogP contribution < -0.4 is 10.2 Å². The Morgan fingerprint density at radius 1 is 1.47 bits per heavy atom. The highest BCUT2D eigenvalue weighted by Crippen LogP contribution is 2.32. The molecule has 1 unspecified atom stereocenters. The summed E-state index contributed by atoms with van der Waals surface area (Å²) in [4.78, 5) is 13.5. The van der Waals surface area contributed by atoms with Crippen LogP contribution in [0.4, 0.5) is 5.69 Å². The molecule has 3 rings (SSSR count). The largest absolute Gasteiger partial charge is 0.316 e. The average Bonchev–Trinajstić information content (AvgIpc) is 2.85. The van der Waals surface area contributed by atoms with Gasteiger partial charge in [0, 0.05) is 19.2 Å². The van der Waals surface area contributed by atoms with Crippen LogP contribution in [-0.4, -0.2) is 25.5 Å². The lowest BCUT2D eigenvalue weighted by atomic mass is 9.89. The van der Waals surface area contributed by atoms with E-state index in [-0.39, 0.29) is 5.91 Å². The Balaban J connectivity index is 1.81. The van der Waals surface area contributed by atoms with Gasteiger partial charge in [-0.05, 0) is 61.9 Å². The molecule has 0 saturated carbocycles. The summed E-state index contributed by atoms with van der Waals surface area (Å²) in [6.07, 6.45) is 4.79. The lowest BCUT2D eigenvalue weighted by molar-refractivity contribution is -0.116. The van der Waals surface area contributed by atoms with Crippen LogP contribution >= 0.6 is 0 Å². The van der Waals surface area contributed by atoms with E-state index in [2.05, 4.69) is 23.5 Å². The smallest absolute Gasteiger partial charge is 0.223 e.